The summed E-state index contributed by atoms with van der Waals surface area (Å²) in [4.78, 5) is 3.25. The molecular formula is C18H15N3O2S. The van der Waals surface area contributed by atoms with Crippen LogP contribution in [0.1, 0.15) is 12.2 Å². The predicted molar refractivity (Wildman–Crippen MR) is 98.8 cm³/mol. The third-order valence-electron chi connectivity index (χ3n) is 3.75. The van der Waals surface area contributed by atoms with Gasteiger partial charge in [-0.05, 0) is 18.2 Å². The zero-order valence-electron chi connectivity index (χ0n) is 12.8. The lowest BCUT2D eigenvalue weighted by atomic mass is 10.1. The molecule has 0 amide bonds. The molecule has 0 aliphatic carbocycles. The van der Waals surface area contributed by atoms with E-state index in [1.54, 1.807) is 0 Å². The number of furan rings is 1. The summed E-state index contributed by atoms with van der Waals surface area (Å²) in [5.74, 6) is 2.09. The number of nitrogens with zero attached hydrogens (tertiary/aromatic N) is 2. The van der Waals surface area contributed by atoms with Gasteiger partial charge in [-0.1, -0.05) is 24.8 Å². The van der Waals surface area contributed by atoms with Gasteiger partial charge in [0.25, 0.3) is 0 Å². The monoisotopic (exact) mass is 337 g/mol. The van der Waals surface area contributed by atoms with Crippen LogP contribution in [0.25, 0.3) is 22.2 Å². The minimum absolute atomic E-state index is 0.135. The SMILES string of the molecule is C=C(O)CSC1=NN=C(c2ccc(-c3c[nH]c4ccccc34)o2)C1. The maximum Gasteiger partial charge on any atom is 0.151 e. The van der Waals surface area contributed by atoms with Crippen LogP contribution in [0.4, 0.5) is 0 Å². The number of aromatic amines is 1. The number of benzene rings is 1. The van der Waals surface area contributed by atoms with E-state index in [1.807, 2.05) is 36.5 Å². The quantitative estimate of drug-likeness (QED) is 0.675. The second-order valence-corrected chi connectivity index (χ2v) is 6.53. The molecule has 1 aromatic carbocycles. The fourth-order valence-electron chi connectivity index (χ4n) is 2.63. The fraction of sp³-hybridized carbons (Fsp3) is 0.111. The highest BCUT2D eigenvalue weighted by atomic mass is 32.2. The van der Waals surface area contributed by atoms with Gasteiger partial charge in [-0.25, -0.2) is 0 Å². The summed E-state index contributed by atoms with van der Waals surface area (Å²) in [7, 11) is 0. The van der Waals surface area contributed by atoms with E-state index in [0.29, 0.717) is 12.2 Å². The van der Waals surface area contributed by atoms with Crippen molar-refractivity contribution in [2.75, 3.05) is 5.75 Å². The van der Waals surface area contributed by atoms with Crippen molar-refractivity contribution in [1.29, 1.82) is 0 Å². The maximum absolute atomic E-state index is 9.16. The van der Waals surface area contributed by atoms with Crippen LogP contribution in [0.5, 0.6) is 0 Å². The van der Waals surface area contributed by atoms with Crippen LogP contribution in [0.2, 0.25) is 0 Å². The average molecular weight is 337 g/mol. The van der Waals surface area contributed by atoms with E-state index in [1.165, 1.54) is 11.8 Å². The third-order valence-corrected chi connectivity index (χ3v) is 4.79. The summed E-state index contributed by atoms with van der Waals surface area (Å²) >= 11 is 1.44. The first-order chi connectivity index (χ1) is 11.7. The average Bonchev–Trinajstić information content (AvgIpc) is 3.30. The Bertz CT molecular complexity index is 981. The summed E-state index contributed by atoms with van der Waals surface area (Å²) in [5, 5.41) is 19.5. The summed E-state index contributed by atoms with van der Waals surface area (Å²) in [6.45, 7) is 3.47. The van der Waals surface area contributed by atoms with Gasteiger partial charge in [-0.3, -0.25) is 0 Å². The van der Waals surface area contributed by atoms with Crippen molar-refractivity contribution in [3.05, 3.63) is 60.7 Å². The van der Waals surface area contributed by atoms with Crippen molar-refractivity contribution in [2.45, 2.75) is 6.42 Å². The number of aliphatic hydroxyl groups excluding tert-OH is 1. The molecule has 0 spiro atoms. The van der Waals surface area contributed by atoms with Crippen molar-refractivity contribution in [3.8, 4) is 11.3 Å². The Morgan fingerprint density at radius 3 is 2.92 bits per heavy atom. The molecule has 1 aliphatic heterocycles. The molecule has 3 aromatic rings. The second-order valence-electron chi connectivity index (χ2n) is 5.48. The van der Waals surface area contributed by atoms with E-state index in [9.17, 15) is 0 Å². The maximum atomic E-state index is 9.16. The van der Waals surface area contributed by atoms with E-state index in [0.717, 1.165) is 38.7 Å². The van der Waals surface area contributed by atoms with E-state index in [-0.39, 0.29) is 5.76 Å². The Labute approximate surface area is 142 Å². The van der Waals surface area contributed by atoms with Gasteiger partial charge in [0.05, 0.1) is 11.5 Å². The Morgan fingerprint density at radius 1 is 1.21 bits per heavy atom. The minimum atomic E-state index is 0.135. The van der Waals surface area contributed by atoms with Crippen LogP contribution in [-0.2, 0) is 0 Å². The van der Waals surface area contributed by atoms with Crippen LogP contribution in [0.15, 0.2) is 69.6 Å². The van der Waals surface area contributed by atoms with Crippen molar-refractivity contribution in [3.63, 3.8) is 0 Å². The summed E-state index contributed by atoms with van der Waals surface area (Å²) in [6, 6.07) is 12.0. The number of aliphatic hydroxyl groups is 1. The Balaban J connectivity index is 1.53. The Kier molecular flexibility index (Phi) is 3.74. The van der Waals surface area contributed by atoms with Crippen LogP contribution in [0.3, 0.4) is 0 Å². The molecule has 24 heavy (non-hydrogen) atoms. The van der Waals surface area contributed by atoms with Gasteiger partial charge in [-0.2, -0.15) is 5.10 Å². The van der Waals surface area contributed by atoms with Crippen molar-refractivity contribution < 1.29 is 9.52 Å². The molecule has 6 heteroatoms. The molecule has 0 radical (unpaired) electrons. The van der Waals surface area contributed by atoms with Crippen molar-refractivity contribution >= 4 is 33.4 Å². The summed E-state index contributed by atoms with van der Waals surface area (Å²) in [6.07, 6.45) is 2.56. The second kappa shape index (κ2) is 6.05. The molecule has 0 fully saturated rings. The number of H-pyrrole nitrogens is 1. The summed E-state index contributed by atoms with van der Waals surface area (Å²) < 4.78 is 5.99. The molecule has 5 nitrogen and oxygen atoms in total. The Morgan fingerprint density at radius 2 is 2.04 bits per heavy atom. The minimum Gasteiger partial charge on any atom is -0.512 e. The zero-order chi connectivity index (χ0) is 16.5. The van der Waals surface area contributed by atoms with E-state index in [2.05, 4.69) is 27.8 Å². The first-order valence-corrected chi connectivity index (χ1v) is 8.49. The van der Waals surface area contributed by atoms with Crippen molar-refractivity contribution in [2.24, 2.45) is 10.2 Å². The molecule has 120 valence electrons. The van der Waals surface area contributed by atoms with E-state index >= 15 is 0 Å². The molecule has 2 aromatic heterocycles. The molecule has 4 rings (SSSR count). The van der Waals surface area contributed by atoms with Gasteiger partial charge in [0.2, 0.25) is 0 Å². The van der Waals surface area contributed by atoms with Crippen LogP contribution >= 0.6 is 11.8 Å². The number of nitrogens with one attached hydrogen (secondary N) is 1. The largest absolute Gasteiger partial charge is 0.512 e. The fourth-order valence-corrected chi connectivity index (χ4v) is 3.30. The first-order valence-electron chi connectivity index (χ1n) is 7.50. The smallest absolute Gasteiger partial charge is 0.151 e. The Hall–Kier alpha value is -2.73. The van der Waals surface area contributed by atoms with Gasteiger partial charge in [0.15, 0.2) is 5.76 Å². The van der Waals surface area contributed by atoms with Crippen LogP contribution in [0, 0.1) is 0 Å². The highest BCUT2D eigenvalue weighted by molar-refractivity contribution is 8.14. The molecule has 0 saturated heterocycles. The molecule has 0 saturated carbocycles. The van der Waals surface area contributed by atoms with Gasteiger partial charge in [-0.15, -0.1) is 16.9 Å². The standard InChI is InChI=1S/C18H15N3O2S/c1-11(22)10-24-18-8-15(20-21-18)17-7-6-16(23-17)13-9-19-14-5-3-2-4-12(13)14/h2-7,9,19,22H,1,8,10H2. The van der Waals surface area contributed by atoms with Gasteiger partial charge >= 0.3 is 0 Å². The predicted octanol–water partition coefficient (Wildman–Crippen LogP) is 4.74. The van der Waals surface area contributed by atoms with Crippen LogP contribution < -0.4 is 0 Å². The van der Waals surface area contributed by atoms with E-state index < -0.39 is 0 Å². The number of thioether (sulfide) groups is 1. The normalized spacial score (nSPS) is 14.0. The summed E-state index contributed by atoms with van der Waals surface area (Å²) in [5.41, 5.74) is 2.91. The van der Waals surface area contributed by atoms with Crippen LogP contribution in [-0.4, -0.2) is 26.6 Å². The molecule has 0 unspecified atom stereocenters. The lowest BCUT2D eigenvalue weighted by Gasteiger charge is -1.99. The molecule has 2 N–H and O–H groups in total. The molecule has 3 heterocycles. The van der Waals surface area contributed by atoms with Gasteiger partial charge < -0.3 is 14.5 Å². The molecule has 0 bridgehead atoms. The number of hydrogen-bond acceptors (Lipinski definition) is 5. The van der Waals surface area contributed by atoms with Gasteiger partial charge in [0, 0.05) is 29.1 Å². The van der Waals surface area contributed by atoms with Crippen molar-refractivity contribution in [1.82, 2.24) is 4.98 Å². The number of rotatable bonds is 4. The third kappa shape index (κ3) is 2.76. The van der Waals surface area contributed by atoms with E-state index in [4.69, 9.17) is 9.52 Å². The number of hydrogen-bond donors (Lipinski definition) is 2. The lowest BCUT2D eigenvalue weighted by Crippen LogP contribution is -2.01. The molecule has 1 aliphatic rings. The molecular weight excluding hydrogens is 322 g/mol. The highest BCUT2D eigenvalue weighted by Gasteiger charge is 2.19. The lowest BCUT2D eigenvalue weighted by molar-refractivity contribution is 0.420. The number of fused-ring (bicyclic) bond motifs is 1. The highest BCUT2D eigenvalue weighted by Crippen LogP contribution is 2.31. The number of para-hydroxylation sites is 1. The van der Waals surface area contributed by atoms with Gasteiger partial charge in [0.1, 0.15) is 16.5 Å². The first kappa shape index (κ1) is 14.8. The zero-order valence-corrected chi connectivity index (χ0v) is 13.6. The number of aromatic nitrogens is 1. The molecule has 0 atom stereocenters. The topological polar surface area (TPSA) is 73.9 Å².